The normalized spacial score (nSPS) is 21.7. The summed E-state index contributed by atoms with van der Waals surface area (Å²) in [5, 5.41) is 2.91. The third kappa shape index (κ3) is 3.15. The third-order valence-corrected chi connectivity index (χ3v) is 4.80. The van der Waals surface area contributed by atoms with Crippen LogP contribution >= 0.6 is 11.3 Å². The van der Waals surface area contributed by atoms with Crippen LogP contribution in [0.25, 0.3) is 0 Å². The van der Waals surface area contributed by atoms with Crippen molar-refractivity contribution >= 4 is 17.2 Å². The maximum atomic E-state index is 12.6. The number of nitrogens with two attached hydrogens (primary N) is 1. The second kappa shape index (κ2) is 6.01. The minimum Gasteiger partial charge on any atom is -0.333 e. The highest BCUT2D eigenvalue weighted by Gasteiger charge is 2.30. The van der Waals surface area contributed by atoms with E-state index in [0.717, 1.165) is 30.8 Å². The molecule has 1 fully saturated rings. The lowest BCUT2D eigenvalue weighted by atomic mass is 9.96. The van der Waals surface area contributed by atoms with Gasteiger partial charge in [-0.15, -0.1) is 11.3 Å². The van der Waals surface area contributed by atoms with Crippen molar-refractivity contribution in [2.45, 2.75) is 58.0 Å². The van der Waals surface area contributed by atoms with Crippen LogP contribution < -0.4 is 5.73 Å². The van der Waals surface area contributed by atoms with Gasteiger partial charge in [-0.1, -0.05) is 13.8 Å². The molecule has 1 aromatic heterocycles. The van der Waals surface area contributed by atoms with E-state index >= 15 is 0 Å². The lowest BCUT2D eigenvalue weighted by molar-refractivity contribution is 0.0578. The number of likely N-dealkylation sites (tertiary alicyclic amines) is 1. The molecule has 1 amide bonds. The lowest BCUT2D eigenvalue weighted by Crippen LogP contribution is -2.51. The van der Waals surface area contributed by atoms with Crippen molar-refractivity contribution in [3.05, 3.63) is 16.1 Å². The minimum atomic E-state index is 0.0208. The molecule has 19 heavy (non-hydrogen) atoms. The van der Waals surface area contributed by atoms with Gasteiger partial charge in [-0.2, -0.15) is 0 Å². The standard InChI is InChI=1S/C14H23N3OS/c1-9(2)13-16-11(8-19-13)14(18)17-7-5-4-6-12(17)10(3)15/h8-10,12H,4-7,15H2,1-3H3. The molecular formula is C14H23N3OS. The summed E-state index contributed by atoms with van der Waals surface area (Å²) in [7, 11) is 0. The van der Waals surface area contributed by atoms with E-state index in [0.29, 0.717) is 11.6 Å². The first kappa shape index (κ1) is 14.5. The first-order chi connectivity index (χ1) is 9.00. The van der Waals surface area contributed by atoms with Crippen LogP contribution in [-0.4, -0.2) is 34.4 Å². The van der Waals surface area contributed by atoms with Gasteiger partial charge in [0.1, 0.15) is 5.69 Å². The molecule has 0 spiro atoms. The second-order valence-corrected chi connectivity index (χ2v) is 6.54. The number of nitrogens with zero attached hydrogens (tertiary/aromatic N) is 2. The van der Waals surface area contributed by atoms with Gasteiger partial charge in [-0.25, -0.2) is 4.98 Å². The molecule has 4 nitrogen and oxygen atoms in total. The molecule has 0 bridgehead atoms. The molecule has 0 aliphatic carbocycles. The number of thiazole rings is 1. The van der Waals surface area contributed by atoms with Crippen LogP contribution in [0.3, 0.4) is 0 Å². The molecule has 0 aromatic carbocycles. The Hall–Kier alpha value is -0.940. The molecule has 5 heteroatoms. The van der Waals surface area contributed by atoms with E-state index in [1.807, 2.05) is 17.2 Å². The number of carbonyl (C=O) groups excluding carboxylic acids is 1. The summed E-state index contributed by atoms with van der Waals surface area (Å²) in [4.78, 5) is 19.0. The number of amides is 1. The maximum absolute atomic E-state index is 12.6. The van der Waals surface area contributed by atoms with Gasteiger partial charge < -0.3 is 10.6 Å². The van der Waals surface area contributed by atoms with E-state index in [4.69, 9.17) is 5.73 Å². The van der Waals surface area contributed by atoms with Crippen molar-refractivity contribution in [1.82, 2.24) is 9.88 Å². The summed E-state index contributed by atoms with van der Waals surface area (Å²) < 4.78 is 0. The predicted octanol–water partition coefficient (Wildman–Crippen LogP) is 2.61. The molecule has 1 aliphatic heterocycles. The lowest BCUT2D eigenvalue weighted by Gasteiger charge is -2.37. The van der Waals surface area contributed by atoms with Crippen LogP contribution in [0.1, 0.15) is 61.4 Å². The van der Waals surface area contributed by atoms with Gasteiger partial charge in [0, 0.05) is 29.9 Å². The highest BCUT2D eigenvalue weighted by atomic mass is 32.1. The number of rotatable bonds is 3. The van der Waals surface area contributed by atoms with Gasteiger partial charge in [0.25, 0.3) is 5.91 Å². The molecule has 106 valence electrons. The van der Waals surface area contributed by atoms with Crippen molar-refractivity contribution in [2.24, 2.45) is 5.73 Å². The Labute approximate surface area is 119 Å². The summed E-state index contributed by atoms with van der Waals surface area (Å²) in [6.07, 6.45) is 3.23. The SMILES string of the molecule is CC(C)c1nc(C(=O)N2CCCCC2C(C)N)cs1. The minimum absolute atomic E-state index is 0.0208. The fraction of sp³-hybridized carbons (Fsp3) is 0.714. The topological polar surface area (TPSA) is 59.2 Å². The number of hydrogen-bond acceptors (Lipinski definition) is 4. The zero-order chi connectivity index (χ0) is 14.0. The molecule has 0 radical (unpaired) electrons. The summed E-state index contributed by atoms with van der Waals surface area (Å²) in [5.74, 6) is 0.419. The van der Waals surface area contributed by atoms with Gasteiger partial charge in [-0.05, 0) is 26.2 Å². The first-order valence-corrected chi connectivity index (χ1v) is 7.90. The fourth-order valence-corrected chi connectivity index (χ4v) is 3.36. The van der Waals surface area contributed by atoms with E-state index in [2.05, 4.69) is 18.8 Å². The number of aromatic nitrogens is 1. The van der Waals surface area contributed by atoms with Gasteiger partial charge in [0.2, 0.25) is 0 Å². The van der Waals surface area contributed by atoms with E-state index in [9.17, 15) is 4.79 Å². The molecule has 2 rings (SSSR count). The van der Waals surface area contributed by atoms with E-state index < -0.39 is 0 Å². The Morgan fingerprint density at radius 2 is 2.21 bits per heavy atom. The van der Waals surface area contributed by atoms with E-state index in [-0.39, 0.29) is 18.0 Å². The summed E-state index contributed by atoms with van der Waals surface area (Å²) in [6, 6.07) is 0.179. The number of carbonyl (C=O) groups is 1. The summed E-state index contributed by atoms with van der Waals surface area (Å²) in [5.41, 5.74) is 6.60. The molecule has 2 unspecified atom stereocenters. The second-order valence-electron chi connectivity index (χ2n) is 5.65. The molecule has 0 saturated carbocycles. The van der Waals surface area contributed by atoms with E-state index in [1.165, 1.54) is 0 Å². The van der Waals surface area contributed by atoms with Crippen LogP contribution in [0, 0.1) is 0 Å². The monoisotopic (exact) mass is 281 g/mol. The molecular weight excluding hydrogens is 258 g/mol. The van der Waals surface area contributed by atoms with Crippen LogP contribution in [0.2, 0.25) is 0 Å². The zero-order valence-electron chi connectivity index (χ0n) is 11.9. The average Bonchev–Trinajstić information content (AvgIpc) is 2.87. The van der Waals surface area contributed by atoms with Crippen LogP contribution in [0.4, 0.5) is 0 Å². The van der Waals surface area contributed by atoms with Crippen molar-refractivity contribution in [1.29, 1.82) is 0 Å². The zero-order valence-corrected chi connectivity index (χ0v) is 12.7. The quantitative estimate of drug-likeness (QED) is 0.926. The predicted molar refractivity (Wildman–Crippen MR) is 78.5 cm³/mol. The Kier molecular flexibility index (Phi) is 4.58. The molecule has 2 N–H and O–H groups in total. The molecule has 1 aliphatic rings. The van der Waals surface area contributed by atoms with Crippen molar-refractivity contribution in [2.75, 3.05) is 6.54 Å². The highest BCUT2D eigenvalue weighted by Crippen LogP contribution is 2.24. The Morgan fingerprint density at radius 3 is 2.79 bits per heavy atom. The van der Waals surface area contributed by atoms with Gasteiger partial charge in [0.05, 0.1) is 5.01 Å². The Balaban J connectivity index is 2.16. The molecule has 2 heterocycles. The largest absolute Gasteiger partial charge is 0.333 e. The van der Waals surface area contributed by atoms with Crippen LogP contribution in [0.15, 0.2) is 5.38 Å². The smallest absolute Gasteiger partial charge is 0.273 e. The number of piperidine rings is 1. The summed E-state index contributed by atoms with van der Waals surface area (Å²) in [6.45, 7) is 6.98. The van der Waals surface area contributed by atoms with Crippen molar-refractivity contribution in [3.63, 3.8) is 0 Å². The van der Waals surface area contributed by atoms with Gasteiger partial charge in [-0.3, -0.25) is 4.79 Å². The van der Waals surface area contributed by atoms with E-state index in [1.54, 1.807) is 11.3 Å². The third-order valence-electron chi connectivity index (χ3n) is 3.65. The summed E-state index contributed by atoms with van der Waals surface area (Å²) >= 11 is 1.57. The van der Waals surface area contributed by atoms with Crippen LogP contribution in [-0.2, 0) is 0 Å². The Bertz CT molecular complexity index is 442. The van der Waals surface area contributed by atoms with Crippen molar-refractivity contribution in [3.8, 4) is 0 Å². The molecule has 1 saturated heterocycles. The first-order valence-electron chi connectivity index (χ1n) is 7.02. The van der Waals surface area contributed by atoms with Crippen molar-refractivity contribution < 1.29 is 4.79 Å². The molecule has 1 aromatic rings. The fourth-order valence-electron chi connectivity index (χ4n) is 2.55. The maximum Gasteiger partial charge on any atom is 0.273 e. The average molecular weight is 281 g/mol. The van der Waals surface area contributed by atoms with Gasteiger partial charge in [0.15, 0.2) is 0 Å². The van der Waals surface area contributed by atoms with Crippen LogP contribution in [0.5, 0.6) is 0 Å². The van der Waals surface area contributed by atoms with Gasteiger partial charge >= 0.3 is 0 Å². The Morgan fingerprint density at radius 1 is 1.47 bits per heavy atom. The molecule has 2 atom stereocenters. The highest BCUT2D eigenvalue weighted by molar-refractivity contribution is 7.09. The number of hydrogen-bond donors (Lipinski definition) is 1.